The number of thioether (sulfide) groups is 1. The van der Waals surface area contributed by atoms with Crippen LogP contribution in [0.5, 0.6) is 5.75 Å². The average Bonchev–Trinajstić information content (AvgIpc) is 3.45. The number of anilines is 1. The number of pyridine rings is 1. The number of nitrogens with zero attached hydrogens (tertiary/aromatic N) is 3. The molecular formula is C21H20F2N4O3S2. The molecule has 1 atom stereocenters. The Morgan fingerprint density at radius 1 is 1.31 bits per heavy atom. The lowest BCUT2D eigenvalue weighted by atomic mass is 9.97. The van der Waals surface area contributed by atoms with Crippen LogP contribution in [0, 0.1) is 6.92 Å². The Labute approximate surface area is 191 Å². The average molecular weight is 479 g/mol. The molecule has 0 radical (unpaired) electrons. The number of methoxy groups -OCH3 is 1. The fourth-order valence-corrected chi connectivity index (χ4v) is 5.32. The van der Waals surface area contributed by atoms with E-state index in [9.17, 15) is 13.6 Å². The van der Waals surface area contributed by atoms with Gasteiger partial charge < -0.3 is 9.47 Å². The van der Waals surface area contributed by atoms with E-state index in [1.165, 1.54) is 42.8 Å². The molecule has 2 aromatic heterocycles. The number of carbonyl (C=O) groups excluding carboxylic acids is 1. The van der Waals surface area contributed by atoms with Gasteiger partial charge in [0, 0.05) is 40.4 Å². The number of halogens is 2. The zero-order valence-corrected chi connectivity index (χ0v) is 18.9. The van der Waals surface area contributed by atoms with Gasteiger partial charge in [-0.15, -0.1) is 10.2 Å². The summed E-state index contributed by atoms with van der Waals surface area (Å²) in [6.07, 6.45) is -0.285. The molecule has 11 heteroatoms. The number of amides is 1. The standard InChI is InChI=1S/C21H20F2N4O3S2/c1-11-7-14(15-8-12(18(22)23)3-4-17(15)29-2)16(9-24-11)19(28)25-20-26-27-21(32-20)31-13-5-6-30-10-13/h3-4,7-9,13,18H,5-6,10H2,1-2H3,(H,25,26,28). The zero-order chi connectivity index (χ0) is 22.7. The van der Waals surface area contributed by atoms with Gasteiger partial charge in [-0.05, 0) is 37.6 Å². The first-order valence-electron chi connectivity index (χ1n) is 9.77. The van der Waals surface area contributed by atoms with Gasteiger partial charge in [0.2, 0.25) is 5.13 Å². The third-order valence-electron chi connectivity index (χ3n) is 4.83. The molecule has 0 aliphatic carbocycles. The molecule has 1 saturated heterocycles. The smallest absolute Gasteiger partial charge is 0.263 e. The van der Waals surface area contributed by atoms with Gasteiger partial charge in [0.15, 0.2) is 4.34 Å². The van der Waals surface area contributed by atoms with E-state index in [0.717, 1.165) is 17.4 Å². The van der Waals surface area contributed by atoms with Gasteiger partial charge in [-0.2, -0.15) is 0 Å². The van der Waals surface area contributed by atoms with Crippen molar-refractivity contribution in [2.24, 2.45) is 0 Å². The van der Waals surface area contributed by atoms with E-state index in [1.54, 1.807) is 24.8 Å². The first-order valence-corrected chi connectivity index (χ1v) is 11.5. The Bertz CT molecular complexity index is 1120. The van der Waals surface area contributed by atoms with Crippen molar-refractivity contribution in [3.63, 3.8) is 0 Å². The number of rotatable bonds is 7. The van der Waals surface area contributed by atoms with Crippen molar-refractivity contribution in [1.29, 1.82) is 0 Å². The Morgan fingerprint density at radius 2 is 2.16 bits per heavy atom. The summed E-state index contributed by atoms with van der Waals surface area (Å²) in [6, 6.07) is 5.77. The maximum absolute atomic E-state index is 13.3. The SMILES string of the molecule is COc1ccc(C(F)F)cc1-c1cc(C)ncc1C(=O)Nc1nnc(SC2CCOC2)s1. The topological polar surface area (TPSA) is 86.2 Å². The van der Waals surface area contributed by atoms with Crippen LogP contribution in [-0.2, 0) is 4.74 Å². The summed E-state index contributed by atoms with van der Waals surface area (Å²) < 4.78 is 38.1. The first-order chi connectivity index (χ1) is 15.4. The summed E-state index contributed by atoms with van der Waals surface area (Å²) >= 11 is 2.85. The third-order valence-corrected chi connectivity index (χ3v) is 6.99. The molecule has 4 rings (SSSR count). The summed E-state index contributed by atoms with van der Waals surface area (Å²) in [4.78, 5) is 17.3. The highest BCUT2D eigenvalue weighted by atomic mass is 32.2. The second-order valence-electron chi connectivity index (χ2n) is 7.06. The number of hydrogen-bond acceptors (Lipinski definition) is 8. The van der Waals surface area contributed by atoms with E-state index in [1.807, 2.05) is 0 Å². The van der Waals surface area contributed by atoms with Crippen molar-refractivity contribution >= 4 is 34.1 Å². The number of alkyl halides is 2. The molecule has 1 unspecified atom stereocenters. The van der Waals surface area contributed by atoms with E-state index >= 15 is 0 Å². The van der Waals surface area contributed by atoms with Crippen LogP contribution in [0.15, 0.2) is 34.8 Å². The molecule has 3 heterocycles. The lowest BCUT2D eigenvalue weighted by Crippen LogP contribution is -2.14. The van der Waals surface area contributed by atoms with Crippen molar-refractivity contribution in [3.8, 4) is 16.9 Å². The molecule has 3 aromatic rings. The van der Waals surface area contributed by atoms with Crippen LogP contribution in [0.2, 0.25) is 0 Å². The molecule has 1 aliphatic rings. The predicted octanol–water partition coefficient (Wildman–Crippen LogP) is 4.99. The Hall–Kier alpha value is -2.63. The number of aryl methyl sites for hydroxylation is 1. The summed E-state index contributed by atoms with van der Waals surface area (Å²) in [5.41, 5.74) is 1.51. The molecule has 32 heavy (non-hydrogen) atoms. The zero-order valence-electron chi connectivity index (χ0n) is 17.3. The van der Waals surface area contributed by atoms with Gasteiger partial charge in [0.05, 0.1) is 19.3 Å². The maximum Gasteiger partial charge on any atom is 0.263 e. The second-order valence-corrected chi connectivity index (χ2v) is 9.59. The number of ether oxygens (including phenoxy) is 2. The van der Waals surface area contributed by atoms with Crippen LogP contribution in [0.25, 0.3) is 11.1 Å². The predicted molar refractivity (Wildman–Crippen MR) is 119 cm³/mol. The van der Waals surface area contributed by atoms with Crippen molar-refractivity contribution < 1.29 is 23.0 Å². The summed E-state index contributed by atoms with van der Waals surface area (Å²) in [5.74, 6) is -0.0867. The summed E-state index contributed by atoms with van der Waals surface area (Å²) in [6.45, 7) is 3.17. The number of hydrogen-bond donors (Lipinski definition) is 1. The molecular weight excluding hydrogens is 458 g/mol. The largest absolute Gasteiger partial charge is 0.496 e. The number of aromatic nitrogens is 3. The third kappa shape index (κ3) is 5.05. The number of benzene rings is 1. The number of nitrogens with one attached hydrogen (secondary N) is 1. The van der Waals surface area contributed by atoms with Crippen LogP contribution in [0.1, 0.15) is 34.5 Å². The Kier molecular flexibility index (Phi) is 6.97. The lowest BCUT2D eigenvalue weighted by Gasteiger charge is -2.14. The van der Waals surface area contributed by atoms with E-state index in [4.69, 9.17) is 9.47 Å². The summed E-state index contributed by atoms with van der Waals surface area (Å²) in [5, 5.41) is 11.6. The van der Waals surface area contributed by atoms with Crippen LogP contribution in [0.3, 0.4) is 0 Å². The highest BCUT2D eigenvalue weighted by Gasteiger charge is 2.22. The minimum Gasteiger partial charge on any atom is -0.496 e. The molecule has 1 N–H and O–H groups in total. The van der Waals surface area contributed by atoms with Crippen molar-refractivity contribution in [2.75, 3.05) is 25.6 Å². The molecule has 1 aromatic carbocycles. The highest BCUT2D eigenvalue weighted by molar-refractivity contribution is 8.01. The van der Waals surface area contributed by atoms with Crippen LogP contribution in [-0.4, -0.2) is 46.7 Å². The van der Waals surface area contributed by atoms with Crippen LogP contribution >= 0.6 is 23.1 Å². The quantitative estimate of drug-likeness (QED) is 0.479. The van der Waals surface area contributed by atoms with Crippen LogP contribution in [0.4, 0.5) is 13.9 Å². The van der Waals surface area contributed by atoms with Gasteiger partial charge >= 0.3 is 0 Å². The van der Waals surface area contributed by atoms with Gasteiger partial charge in [0.1, 0.15) is 5.75 Å². The number of carbonyl (C=O) groups is 1. The van der Waals surface area contributed by atoms with Crippen LogP contribution < -0.4 is 10.1 Å². The molecule has 1 amide bonds. The fourth-order valence-electron chi connectivity index (χ4n) is 3.26. The molecule has 168 valence electrons. The van der Waals surface area contributed by atoms with E-state index < -0.39 is 12.3 Å². The van der Waals surface area contributed by atoms with Crippen molar-refractivity contribution in [1.82, 2.24) is 15.2 Å². The highest BCUT2D eigenvalue weighted by Crippen LogP contribution is 2.37. The maximum atomic E-state index is 13.3. The van der Waals surface area contributed by atoms with E-state index in [-0.39, 0.29) is 11.1 Å². The normalized spacial score (nSPS) is 15.8. The Morgan fingerprint density at radius 3 is 2.88 bits per heavy atom. The summed E-state index contributed by atoms with van der Waals surface area (Å²) in [7, 11) is 1.45. The van der Waals surface area contributed by atoms with Gasteiger partial charge in [-0.3, -0.25) is 15.1 Å². The van der Waals surface area contributed by atoms with Crippen molar-refractivity contribution in [3.05, 3.63) is 47.3 Å². The first kappa shape index (κ1) is 22.6. The Balaban J connectivity index is 1.62. The molecule has 1 fully saturated rings. The molecule has 0 spiro atoms. The van der Waals surface area contributed by atoms with E-state index in [0.29, 0.717) is 39.6 Å². The van der Waals surface area contributed by atoms with Gasteiger partial charge in [-0.25, -0.2) is 8.78 Å². The lowest BCUT2D eigenvalue weighted by molar-refractivity contribution is 0.102. The minimum absolute atomic E-state index is 0.164. The van der Waals surface area contributed by atoms with E-state index in [2.05, 4.69) is 20.5 Å². The molecule has 1 aliphatic heterocycles. The molecule has 7 nitrogen and oxygen atoms in total. The fraction of sp³-hybridized carbons (Fsp3) is 0.333. The molecule has 0 saturated carbocycles. The monoisotopic (exact) mass is 478 g/mol. The second kappa shape index (κ2) is 9.88. The molecule has 0 bridgehead atoms. The van der Waals surface area contributed by atoms with Gasteiger partial charge in [0.25, 0.3) is 12.3 Å². The minimum atomic E-state index is -2.65. The van der Waals surface area contributed by atoms with Gasteiger partial charge in [-0.1, -0.05) is 23.1 Å². The van der Waals surface area contributed by atoms with Crippen molar-refractivity contribution in [2.45, 2.75) is 29.4 Å².